The van der Waals surface area contributed by atoms with Gasteiger partial charge in [0.05, 0.1) is 24.9 Å². The van der Waals surface area contributed by atoms with Crippen LogP contribution in [0.4, 0.5) is 0 Å². The molecule has 11 nitrogen and oxygen atoms in total. The third-order valence-corrected chi connectivity index (χ3v) is 9.13. The Morgan fingerprint density at radius 3 is 1.65 bits per heavy atom. The lowest BCUT2D eigenvalue weighted by molar-refractivity contribution is -0.161. The summed E-state index contributed by atoms with van der Waals surface area (Å²) < 4.78 is 26.2. The van der Waals surface area contributed by atoms with Gasteiger partial charge in [-0.3, -0.25) is 14.1 Å². The Hall–Kier alpha value is -2.37. The van der Waals surface area contributed by atoms with Gasteiger partial charge >= 0.3 is 19.8 Å². The first kappa shape index (κ1) is 51.6. The zero-order valence-electron chi connectivity index (χ0n) is 33.2. The lowest BCUT2D eigenvalue weighted by atomic mass is 10.0. The molecule has 0 heterocycles. The van der Waals surface area contributed by atoms with Crippen molar-refractivity contribution in [1.82, 2.24) is 0 Å². The second-order valence-corrected chi connectivity index (χ2v) is 15.0. The summed E-state index contributed by atoms with van der Waals surface area (Å²) in [7, 11) is -4.85. The van der Waals surface area contributed by atoms with Crippen molar-refractivity contribution in [3.63, 3.8) is 0 Å². The summed E-state index contributed by atoms with van der Waals surface area (Å²) in [4.78, 5) is 42.8. The standard InChI is InChI=1S/C42H73O11P/c1-3-5-7-8-9-10-11-12-13-14-15-16-17-18-23-27-33-41(46)51-35-38(36-52-54(48,49)50)53-42(47)34-28-32-40(45)39(44)31-26-22-20-19-21-25-30-37(43)29-24-6-4-2/h6,19-22,24-26,30-31,37-40,43-45H,3-5,7-18,23,27-29,32-36H2,1-2H3,(H2,48,49,50)/b21-19+,22-20-,24-6-,30-25+,31-26-/t37-,38+,39+,40+/m0/s1. The van der Waals surface area contributed by atoms with Crippen LogP contribution >= 0.6 is 7.82 Å². The average Bonchev–Trinajstić information content (AvgIpc) is 3.13. The molecule has 4 atom stereocenters. The largest absolute Gasteiger partial charge is 0.469 e. The maximum Gasteiger partial charge on any atom is 0.469 e. The van der Waals surface area contributed by atoms with Crippen LogP contribution < -0.4 is 0 Å². The molecule has 12 heteroatoms. The van der Waals surface area contributed by atoms with Gasteiger partial charge in [0, 0.05) is 12.8 Å². The van der Waals surface area contributed by atoms with Gasteiger partial charge in [-0.15, -0.1) is 0 Å². The van der Waals surface area contributed by atoms with E-state index in [1.807, 2.05) is 19.1 Å². The van der Waals surface area contributed by atoms with Crippen molar-refractivity contribution in [2.75, 3.05) is 13.2 Å². The summed E-state index contributed by atoms with van der Waals surface area (Å²) in [6.07, 6.45) is 34.6. The number of unbranched alkanes of at least 4 members (excludes halogenated alkanes) is 15. The Morgan fingerprint density at radius 1 is 0.611 bits per heavy atom. The fraction of sp³-hybridized carbons (Fsp3) is 0.714. The fourth-order valence-corrected chi connectivity index (χ4v) is 5.84. The lowest BCUT2D eigenvalue weighted by Gasteiger charge is -2.19. The van der Waals surface area contributed by atoms with Gasteiger partial charge in [0.1, 0.15) is 6.61 Å². The van der Waals surface area contributed by atoms with E-state index in [-0.39, 0.29) is 25.7 Å². The Labute approximate surface area is 325 Å². The molecular formula is C42H73O11P. The number of phosphoric ester groups is 1. The van der Waals surface area contributed by atoms with Crippen LogP contribution in [0.15, 0.2) is 60.8 Å². The molecule has 0 radical (unpaired) electrons. The molecule has 0 aliphatic rings. The Morgan fingerprint density at radius 2 is 1.11 bits per heavy atom. The molecule has 0 spiro atoms. The predicted molar refractivity (Wildman–Crippen MR) is 215 cm³/mol. The number of ether oxygens (including phenoxy) is 2. The third-order valence-electron chi connectivity index (χ3n) is 8.64. The summed E-state index contributed by atoms with van der Waals surface area (Å²) in [5.74, 6) is -1.22. The highest BCUT2D eigenvalue weighted by Gasteiger charge is 2.23. The average molecular weight is 785 g/mol. The molecule has 5 N–H and O–H groups in total. The zero-order valence-corrected chi connectivity index (χ0v) is 34.1. The van der Waals surface area contributed by atoms with E-state index in [0.717, 1.165) is 25.7 Å². The van der Waals surface area contributed by atoms with Crippen molar-refractivity contribution in [2.45, 2.75) is 180 Å². The highest BCUT2D eigenvalue weighted by Crippen LogP contribution is 2.36. The van der Waals surface area contributed by atoms with Crippen LogP contribution in [0.3, 0.4) is 0 Å². The first-order valence-electron chi connectivity index (χ1n) is 20.4. The molecule has 0 saturated carbocycles. The normalized spacial score (nSPS) is 14.9. The van der Waals surface area contributed by atoms with E-state index >= 15 is 0 Å². The molecule has 0 fully saturated rings. The molecule has 0 aromatic heterocycles. The number of esters is 2. The Bertz CT molecular complexity index is 1110. The summed E-state index contributed by atoms with van der Waals surface area (Å²) in [6, 6.07) is 0. The van der Waals surface area contributed by atoms with E-state index in [4.69, 9.17) is 19.3 Å². The van der Waals surface area contributed by atoms with E-state index in [0.29, 0.717) is 12.8 Å². The highest BCUT2D eigenvalue weighted by atomic mass is 31.2. The molecule has 0 aromatic rings. The smallest absolute Gasteiger partial charge is 0.462 e. The van der Waals surface area contributed by atoms with E-state index in [2.05, 4.69) is 11.4 Å². The van der Waals surface area contributed by atoms with Crippen molar-refractivity contribution in [2.24, 2.45) is 0 Å². The summed E-state index contributed by atoms with van der Waals surface area (Å²) in [6.45, 7) is 3.21. The number of allylic oxidation sites excluding steroid dienone is 7. The van der Waals surface area contributed by atoms with Crippen LogP contribution in [0.25, 0.3) is 0 Å². The molecule has 0 amide bonds. The van der Waals surface area contributed by atoms with Gasteiger partial charge in [0.25, 0.3) is 0 Å². The maximum atomic E-state index is 12.4. The number of carbonyl (C=O) groups is 2. The van der Waals surface area contributed by atoms with Gasteiger partial charge in [-0.25, -0.2) is 4.57 Å². The van der Waals surface area contributed by atoms with Crippen molar-refractivity contribution in [1.29, 1.82) is 0 Å². The molecule has 0 unspecified atom stereocenters. The monoisotopic (exact) mass is 784 g/mol. The van der Waals surface area contributed by atoms with Crippen LogP contribution in [0, 0.1) is 0 Å². The van der Waals surface area contributed by atoms with Crippen LogP contribution in [-0.2, 0) is 28.2 Å². The molecule has 0 bridgehead atoms. The molecule has 0 aromatic carbocycles. The molecule has 0 saturated heterocycles. The molecule has 54 heavy (non-hydrogen) atoms. The molecule has 0 rings (SSSR count). The number of hydrogen-bond donors (Lipinski definition) is 5. The number of hydrogen-bond acceptors (Lipinski definition) is 9. The Kier molecular flexibility index (Phi) is 34.7. The van der Waals surface area contributed by atoms with Crippen molar-refractivity contribution < 1.29 is 53.3 Å². The van der Waals surface area contributed by atoms with Gasteiger partial charge in [0.15, 0.2) is 6.10 Å². The zero-order chi connectivity index (χ0) is 40.1. The van der Waals surface area contributed by atoms with Crippen LogP contribution in [0.2, 0.25) is 0 Å². The van der Waals surface area contributed by atoms with Gasteiger partial charge in [-0.2, -0.15) is 0 Å². The van der Waals surface area contributed by atoms with Gasteiger partial charge in [-0.1, -0.05) is 171 Å². The van der Waals surface area contributed by atoms with Gasteiger partial charge < -0.3 is 34.6 Å². The number of aliphatic hydroxyl groups excluding tert-OH is 3. The van der Waals surface area contributed by atoms with E-state index in [1.54, 1.807) is 42.5 Å². The van der Waals surface area contributed by atoms with Crippen molar-refractivity contribution in [3.05, 3.63) is 60.8 Å². The van der Waals surface area contributed by atoms with Crippen molar-refractivity contribution in [3.8, 4) is 0 Å². The van der Waals surface area contributed by atoms with E-state index < -0.39 is 57.4 Å². The summed E-state index contributed by atoms with van der Waals surface area (Å²) in [5, 5.41) is 30.2. The SMILES string of the molecule is CC/C=C\C[C@H](O)/C=C/C=C/C=C\C=C/[C@@H](O)[C@H](O)CCCC(=O)O[C@H](COC(=O)CCCCCCCCCCCCCCCCCC)COP(=O)(O)O. The van der Waals surface area contributed by atoms with Crippen LogP contribution in [0.1, 0.15) is 155 Å². The predicted octanol–water partition coefficient (Wildman–Crippen LogP) is 9.04. The molecular weight excluding hydrogens is 711 g/mol. The van der Waals surface area contributed by atoms with Gasteiger partial charge in [-0.05, 0) is 32.1 Å². The van der Waals surface area contributed by atoms with Crippen LogP contribution in [0.5, 0.6) is 0 Å². The fourth-order valence-electron chi connectivity index (χ4n) is 5.48. The maximum absolute atomic E-state index is 12.4. The minimum atomic E-state index is -4.85. The lowest BCUT2D eigenvalue weighted by Crippen LogP contribution is -2.29. The summed E-state index contributed by atoms with van der Waals surface area (Å²) in [5.41, 5.74) is 0. The van der Waals surface area contributed by atoms with Crippen molar-refractivity contribution >= 4 is 19.8 Å². The third kappa shape index (κ3) is 36.6. The van der Waals surface area contributed by atoms with Crippen LogP contribution in [-0.4, -0.2) is 74.7 Å². The molecule has 0 aliphatic heterocycles. The minimum absolute atomic E-state index is 0.0860. The number of aliphatic hydroxyl groups is 3. The number of phosphoric acid groups is 1. The first-order valence-corrected chi connectivity index (χ1v) is 21.9. The quantitative estimate of drug-likeness (QED) is 0.0135. The molecule has 0 aliphatic carbocycles. The second-order valence-electron chi connectivity index (χ2n) is 13.8. The number of rotatable bonds is 36. The first-order chi connectivity index (χ1) is 26.0. The Balaban J connectivity index is 4.27. The highest BCUT2D eigenvalue weighted by molar-refractivity contribution is 7.46. The second kappa shape index (κ2) is 36.3. The summed E-state index contributed by atoms with van der Waals surface area (Å²) >= 11 is 0. The minimum Gasteiger partial charge on any atom is -0.462 e. The van der Waals surface area contributed by atoms with E-state index in [9.17, 15) is 29.5 Å². The van der Waals surface area contributed by atoms with Gasteiger partial charge in [0.2, 0.25) is 0 Å². The number of carbonyl (C=O) groups excluding carboxylic acids is 2. The van der Waals surface area contributed by atoms with E-state index in [1.165, 1.54) is 83.1 Å². The topological polar surface area (TPSA) is 180 Å². The molecule has 312 valence electrons.